The van der Waals surface area contributed by atoms with Gasteiger partial charge in [-0.15, -0.1) is 0 Å². The highest BCUT2D eigenvalue weighted by Crippen LogP contribution is 2.25. The fourth-order valence-corrected chi connectivity index (χ4v) is 0.512. The van der Waals surface area contributed by atoms with Gasteiger partial charge in [0.2, 0.25) is 0 Å². The molecule has 1 aliphatic heterocycles. The van der Waals surface area contributed by atoms with Crippen molar-refractivity contribution in [2.24, 2.45) is 0 Å². The first kappa shape index (κ1) is 5.06. The monoisotopic (exact) mass is 102 g/mol. The zero-order chi connectivity index (χ0) is 5.33. The SMILES string of the molecule is COC[C@@]1(C)CO1. The fraction of sp³-hybridized carbons (Fsp3) is 1.00. The van der Waals surface area contributed by atoms with Crippen LogP contribution in [0.15, 0.2) is 0 Å². The van der Waals surface area contributed by atoms with Crippen LogP contribution in [0.25, 0.3) is 0 Å². The first-order valence-electron chi connectivity index (χ1n) is 2.40. The van der Waals surface area contributed by atoms with Crippen LogP contribution in [0.2, 0.25) is 0 Å². The van der Waals surface area contributed by atoms with E-state index in [4.69, 9.17) is 9.47 Å². The largest absolute Gasteiger partial charge is 0.382 e. The van der Waals surface area contributed by atoms with Gasteiger partial charge in [-0.05, 0) is 6.92 Å². The first-order valence-corrected chi connectivity index (χ1v) is 2.40. The van der Waals surface area contributed by atoms with E-state index in [1.807, 2.05) is 6.92 Å². The van der Waals surface area contributed by atoms with Gasteiger partial charge in [-0.2, -0.15) is 0 Å². The van der Waals surface area contributed by atoms with Gasteiger partial charge in [0, 0.05) is 7.11 Å². The van der Waals surface area contributed by atoms with Crippen molar-refractivity contribution in [3.05, 3.63) is 0 Å². The minimum Gasteiger partial charge on any atom is -0.382 e. The predicted octanol–water partition coefficient (Wildman–Crippen LogP) is 0.422. The van der Waals surface area contributed by atoms with Gasteiger partial charge in [0.15, 0.2) is 0 Å². The molecule has 1 fully saturated rings. The van der Waals surface area contributed by atoms with Crippen LogP contribution in [0, 0.1) is 0 Å². The summed E-state index contributed by atoms with van der Waals surface area (Å²) in [6.07, 6.45) is 0. The number of epoxide rings is 1. The Hall–Kier alpha value is -0.0800. The Morgan fingerprint density at radius 2 is 2.43 bits per heavy atom. The third-order valence-electron chi connectivity index (χ3n) is 1.09. The maximum Gasteiger partial charge on any atom is 0.112 e. The molecule has 0 aliphatic carbocycles. The van der Waals surface area contributed by atoms with E-state index >= 15 is 0 Å². The Balaban J connectivity index is 2.13. The average Bonchev–Trinajstić information content (AvgIpc) is 2.22. The quantitative estimate of drug-likeness (QED) is 0.471. The third kappa shape index (κ3) is 1.14. The number of methoxy groups -OCH3 is 1. The normalized spacial score (nSPS) is 38.6. The lowest BCUT2D eigenvalue weighted by Crippen LogP contribution is -2.11. The summed E-state index contributed by atoms with van der Waals surface area (Å²) >= 11 is 0. The molecule has 1 heterocycles. The highest BCUT2D eigenvalue weighted by molar-refractivity contribution is 4.85. The number of rotatable bonds is 2. The highest BCUT2D eigenvalue weighted by Gasteiger charge is 2.38. The van der Waals surface area contributed by atoms with Crippen molar-refractivity contribution in [1.82, 2.24) is 0 Å². The van der Waals surface area contributed by atoms with Gasteiger partial charge in [0.1, 0.15) is 5.60 Å². The summed E-state index contributed by atoms with van der Waals surface area (Å²) < 4.78 is 9.86. The molecule has 42 valence electrons. The molecule has 2 heteroatoms. The van der Waals surface area contributed by atoms with E-state index in [-0.39, 0.29) is 5.60 Å². The molecule has 1 saturated heterocycles. The predicted molar refractivity (Wildman–Crippen MR) is 26.2 cm³/mol. The van der Waals surface area contributed by atoms with Crippen molar-refractivity contribution < 1.29 is 9.47 Å². The van der Waals surface area contributed by atoms with Gasteiger partial charge in [0.05, 0.1) is 13.2 Å². The minimum atomic E-state index is 0.0781. The maximum absolute atomic E-state index is 5.01. The number of ether oxygens (including phenoxy) is 2. The van der Waals surface area contributed by atoms with E-state index in [2.05, 4.69) is 0 Å². The lowest BCUT2D eigenvalue weighted by Gasteiger charge is -1.98. The second-order valence-corrected chi connectivity index (χ2v) is 2.17. The molecule has 1 rings (SSSR count). The van der Waals surface area contributed by atoms with E-state index in [1.54, 1.807) is 7.11 Å². The summed E-state index contributed by atoms with van der Waals surface area (Å²) in [5, 5.41) is 0. The number of hydrogen-bond acceptors (Lipinski definition) is 2. The maximum atomic E-state index is 5.01. The van der Waals surface area contributed by atoms with E-state index in [9.17, 15) is 0 Å². The molecule has 0 bridgehead atoms. The Bertz CT molecular complexity index is 66.5. The molecule has 0 aromatic carbocycles. The molecule has 0 aromatic rings. The van der Waals surface area contributed by atoms with Crippen LogP contribution in [0.1, 0.15) is 6.92 Å². The second-order valence-electron chi connectivity index (χ2n) is 2.17. The third-order valence-corrected chi connectivity index (χ3v) is 1.09. The van der Waals surface area contributed by atoms with Gasteiger partial charge in [-0.25, -0.2) is 0 Å². The van der Waals surface area contributed by atoms with E-state index in [0.29, 0.717) is 0 Å². The standard InChI is InChI=1S/C5H10O2/c1-5(3-6-2)4-7-5/h3-4H2,1-2H3/t5-/m0/s1. The zero-order valence-electron chi connectivity index (χ0n) is 4.73. The van der Waals surface area contributed by atoms with Crippen molar-refractivity contribution >= 4 is 0 Å². The summed E-state index contributed by atoms with van der Waals surface area (Å²) in [7, 11) is 1.69. The Kier molecular flexibility index (Phi) is 1.05. The summed E-state index contributed by atoms with van der Waals surface area (Å²) in [5.74, 6) is 0. The van der Waals surface area contributed by atoms with Gasteiger partial charge in [0.25, 0.3) is 0 Å². The van der Waals surface area contributed by atoms with Gasteiger partial charge in [-0.1, -0.05) is 0 Å². The molecular weight excluding hydrogens is 92.1 g/mol. The molecule has 0 spiro atoms. The van der Waals surface area contributed by atoms with Crippen LogP contribution in [0.5, 0.6) is 0 Å². The van der Waals surface area contributed by atoms with Crippen LogP contribution in [0.4, 0.5) is 0 Å². The lowest BCUT2D eigenvalue weighted by molar-refractivity contribution is 0.130. The molecule has 0 unspecified atom stereocenters. The average molecular weight is 102 g/mol. The summed E-state index contributed by atoms with van der Waals surface area (Å²) in [6, 6.07) is 0. The molecule has 1 atom stereocenters. The second kappa shape index (κ2) is 1.46. The van der Waals surface area contributed by atoms with Crippen LogP contribution in [0.3, 0.4) is 0 Å². The first-order chi connectivity index (χ1) is 3.27. The Morgan fingerprint density at radius 3 is 2.57 bits per heavy atom. The van der Waals surface area contributed by atoms with E-state index < -0.39 is 0 Å². The minimum absolute atomic E-state index is 0.0781. The van der Waals surface area contributed by atoms with E-state index in [0.717, 1.165) is 13.2 Å². The molecule has 0 saturated carbocycles. The van der Waals surface area contributed by atoms with Crippen molar-refractivity contribution in [3.8, 4) is 0 Å². The van der Waals surface area contributed by atoms with Crippen molar-refractivity contribution in [2.45, 2.75) is 12.5 Å². The van der Waals surface area contributed by atoms with Crippen LogP contribution < -0.4 is 0 Å². The fourth-order valence-electron chi connectivity index (χ4n) is 0.512. The molecule has 0 aromatic heterocycles. The molecule has 7 heavy (non-hydrogen) atoms. The summed E-state index contributed by atoms with van der Waals surface area (Å²) in [5.41, 5.74) is 0.0781. The molecule has 0 amide bonds. The van der Waals surface area contributed by atoms with Crippen molar-refractivity contribution in [2.75, 3.05) is 20.3 Å². The van der Waals surface area contributed by atoms with Gasteiger partial charge in [-0.3, -0.25) is 0 Å². The van der Waals surface area contributed by atoms with Crippen LogP contribution in [-0.4, -0.2) is 25.9 Å². The van der Waals surface area contributed by atoms with Crippen LogP contribution >= 0.6 is 0 Å². The molecule has 2 nitrogen and oxygen atoms in total. The topological polar surface area (TPSA) is 21.8 Å². The Labute approximate surface area is 43.4 Å². The van der Waals surface area contributed by atoms with Crippen molar-refractivity contribution in [1.29, 1.82) is 0 Å². The van der Waals surface area contributed by atoms with Gasteiger partial charge < -0.3 is 9.47 Å². The lowest BCUT2D eigenvalue weighted by atomic mass is 10.2. The number of hydrogen-bond donors (Lipinski definition) is 0. The Morgan fingerprint density at radius 1 is 1.86 bits per heavy atom. The molecule has 0 N–H and O–H groups in total. The van der Waals surface area contributed by atoms with E-state index in [1.165, 1.54) is 0 Å². The van der Waals surface area contributed by atoms with Crippen LogP contribution in [-0.2, 0) is 9.47 Å². The highest BCUT2D eigenvalue weighted by atomic mass is 16.6. The zero-order valence-corrected chi connectivity index (χ0v) is 4.73. The smallest absolute Gasteiger partial charge is 0.112 e. The summed E-state index contributed by atoms with van der Waals surface area (Å²) in [4.78, 5) is 0. The molecular formula is C5H10O2. The molecule has 1 aliphatic rings. The van der Waals surface area contributed by atoms with Gasteiger partial charge >= 0.3 is 0 Å². The molecule has 0 radical (unpaired) electrons. The summed E-state index contributed by atoms with van der Waals surface area (Å²) in [6.45, 7) is 3.63. The van der Waals surface area contributed by atoms with Crippen molar-refractivity contribution in [3.63, 3.8) is 0 Å².